The van der Waals surface area contributed by atoms with Gasteiger partial charge < -0.3 is 56.3 Å². The van der Waals surface area contributed by atoms with Gasteiger partial charge >= 0.3 is 11.9 Å². The number of esters is 1. The second-order valence-electron chi connectivity index (χ2n) is 8.78. The van der Waals surface area contributed by atoms with Crippen LogP contribution in [0.5, 0.6) is 0 Å². The van der Waals surface area contributed by atoms with E-state index in [-0.39, 0.29) is 19.3 Å². The SMILES string of the molecule is COC(=O)CCC(=O)N[C@@H]1[C@@H](O[C@H](C)C(=O)N[C@@H](C)C(=O)N[C@H](CCC(=O)O)C(N)=O)[C@H](O)[C@@H](CO)O[C@H]1O. The van der Waals surface area contributed by atoms with Gasteiger partial charge in [-0.1, -0.05) is 0 Å². The Morgan fingerprint density at radius 1 is 1.00 bits per heavy atom. The van der Waals surface area contributed by atoms with E-state index in [9.17, 15) is 44.1 Å². The van der Waals surface area contributed by atoms with Gasteiger partial charge in [-0.3, -0.25) is 28.8 Å². The Morgan fingerprint density at radius 3 is 2.18 bits per heavy atom. The first-order valence-corrected chi connectivity index (χ1v) is 12.0. The molecule has 0 unspecified atom stereocenters. The predicted octanol–water partition coefficient (Wildman–Crippen LogP) is -4.39. The number of hydrogen-bond donors (Lipinski definition) is 8. The third kappa shape index (κ3) is 10.7. The molecule has 1 heterocycles. The molecule has 0 radical (unpaired) electrons. The zero-order valence-corrected chi connectivity index (χ0v) is 21.7. The second-order valence-corrected chi connectivity index (χ2v) is 8.78. The number of carbonyl (C=O) groups is 6. The van der Waals surface area contributed by atoms with Crippen LogP contribution in [0.15, 0.2) is 0 Å². The molecule has 1 aliphatic heterocycles. The number of carboxylic acid groups (broad SMARTS) is 1. The molecule has 8 atom stereocenters. The Hall–Kier alpha value is -3.38. The molecular formula is C22H36N4O13. The summed E-state index contributed by atoms with van der Waals surface area (Å²) in [6.45, 7) is 1.79. The van der Waals surface area contributed by atoms with Gasteiger partial charge in [0.15, 0.2) is 6.29 Å². The first kappa shape index (κ1) is 33.6. The molecule has 1 aliphatic rings. The molecule has 0 saturated carbocycles. The molecule has 222 valence electrons. The van der Waals surface area contributed by atoms with Gasteiger partial charge in [-0.15, -0.1) is 0 Å². The van der Waals surface area contributed by atoms with E-state index in [0.717, 1.165) is 7.11 Å². The number of nitrogens with one attached hydrogen (secondary N) is 3. The van der Waals surface area contributed by atoms with Gasteiger partial charge in [-0.05, 0) is 20.3 Å². The van der Waals surface area contributed by atoms with Crippen LogP contribution in [0, 0.1) is 0 Å². The van der Waals surface area contributed by atoms with Crippen LogP contribution in [0.2, 0.25) is 0 Å². The average Bonchev–Trinajstić information content (AvgIpc) is 2.87. The summed E-state index contributed by atoms with van der Waals surface area (Å²) in [4.78, 5) is 70.9. The lowest BCUT2D eigenvalue weighted by molar-refractivity contribution is -0.266. The number of rotatable bonds is 15. The lowest BCUT2D eigenvalue weighted by atomic mass is 9.96. The van der Waals surface area contributed by atoms with Crippen LogP contribution in [0.3, 0.4) is 0 Å². The molecule has 0 aromatic carbocycles. The minimum atomic E-state index is -1.77. The molecular weight excluding hydrogens is 528 g/mol. The predicted molar refractivity (Wildman–Crippen MR) is 127 cm³/mol. The summed E-state index contributed by atoms with van der Waals surface area (Å²) in [7, 11) is 1.14. The maximum absolute atomic E-state index is 12.7. The van der Waals surface area contributed by atoms with E-state index in [1.807, 2.05) is 0 Å². The molecule has 4 amide bonds. The molecule has 0 spiro atoms. The van der Waals surface area contributed by atoms with Crippen molar-refractivity contribution in [3.05, 3.63) is 0 Å². The molecule has 0 bridgehead atoms. The van der Waals surface area contributed by atoms with Gasteiger partial charge in [0.1, 0.15) is 42.5 Å². The van der Waals surface area contributed by atoms with Crippen molar-refractivity contribution >= 4 is 35.6 Å². The van der Waals surface area contributed by atoms with Crippen molar-refractivity contribution in [3.8, 4) is 0 Å². The van der Waals surface area contributed by atoms with Gasteiger partial charge in [0, 0.05) is 12.8 Å². The van der Waals surface area contributed by atoms with Crippen molar-refractivity contribution < 1.29 is 63.4 Å². The molecule has 17 heteroatoms. The van der Waals surface area contributed by atoms with Gasteiger partial charge in [-0.2, -0.15) is 0 Å². The topological polar surface area (TPSA) is 273 Å². The Labute approximate surface area is 223 Å². The van der Waals surface area contributed by atoms with Crippen molar-refractivity contribution in [2.24, 2.45) is 5.73 Å². The molecule has 0 aromatic heterocycles. The quantitative estimate of drug-likeness (QED) is 0.0874. The number of methoxy groups -OCH3 is 1. The Balaban J connectivity index is 2.87. The number of primary amides is 1. The van der Waals surface area contributed by atoms with E-state index in [0.29, 0.717) is 0 Å². The van der Waals surface area contributed by atoms with Crippen LogP contribution in [0.1, 0.15) is 39.5 Å². The first-order chi connectivity index (χ1) is 18.2. The van der Waals surface area contributed by atoms with E-state index in [1.54, 1.807) is 0 Å². The van der Waals surface area contributed by atoms with Crippen molar-refractivity contribution in [3.63, 3.8) is 0 Å². The summed E-state index contributed by atoms with van der Waals surface area (Å²) in [5, 5.41) is 46.1. The van der Waals surface area contributed by atoms with Crippen LogP contribution < -0.4 is 21.7 Å². The van der Waals surface area contributed by atoms with Crippen LogP contribution in [-0.4, -0.2) is 119 Å². The minimum Gasteiger partial charge on any atom is -0.481 e. The Bertz CT molecular complexity index is 901. The van der Waals surface area contributed by atoms with E-state index in [1.165, 1.54) is 13.8 Å². The third-order valence-corrected chi connectivity index (χ3v) is 5.77. The number of aliphatic carboxylic acids is 1. The molecule has 1 saturated heterocycles. The molecule has 1 rings (SSSR count). The van der Waals surface area contributed by atoms with E-state index in [2.05, 4.69) is 20.7 Å². The van der Waals surface area contributed by atoms with Crippen molar-refractivity contribution in [2.75, 3.05) is 13.7 Å². The molecule has 9 N–H and O–H groups in total. The fourth-order valence-corrected chi connectivity index (χ4v) is 3.52. The highest BCUT2D eigenvalue weighted by Gasteiger charge is 2.47. The van der Waals surface area contributed by atoms with E-state index in [4.69, 9.17) is 20.3 Å². The van der Waals surface area contributed by atoms with Crippen molar-refractivity contribution in [1.82, 2.24) is 16.0 Å². The summed E-state index contributed by atoms with van der Waals surface area (Å²) < 4.78 is 15.2. The van der Waals surface area contributed by atoms with Gasteiger partial charge in [0.25, 0.3) is 0 Å². The number of hydrogen-bond acceptors (Lipinski definition) is 12. The number of aliphatic hydroxyl groups excluding tert-OH is 3. The van der Waals surface area contributed by atoms with Gasteiger partial charge in [-0.25, -0.2) is 0 Å². The normalized spacial score (nSPS) is 24.9. The third-order valence-electron chi connectivity index (χ3n) is 5.77. The summed E-state index contributed by atoms with van der Waals surface area (Å²) in [5.41, 5.74) is 5.18. The maximum atomic E-state index is 12.7. The summed E-state index contributed by atoms with van der Waals surface area (Å²) >= 11 is 0. The molecule has 0 aliphatic carbocycles. The number of ether oxygens (including phenoxy) is 3. The van der Waals surface area contributed by atoms with Crippen molar-refractivity contribution in [1.29, 1.82) is 0 Å². The molecule has 39 heavy (non-hydrogen) atoms. The monoisotopic (exact) mass is 564 g/mol. The smallest absolute Gasteiger partial charge is 0.306 e. The molecule has 0 aromatic rings. The fourth-order valence-electron chi connectivity index (χ4n) is 3.52. The number of nitrogens with two attached hydrogens (primary N) is 1. The molecule has 17 nitrogen and oxygen atoms in total. The van der Waals surface area contributed by atoms with Crippen LogP contribution in [0.4, 0.5) is 0 Å². The summed E-state index contributed by atoms with van der Waals surface area (Å²) in [5.74, 6) is -5.28. The second kappa shape index (κ2) is 15.9. The lowest BCUT2D eigenvalue weighted by Crippen LogP contribution is -2.66. The van der Waals surface area contributed by atoms with E-state index >= 15 is 0 Å². The zero-order chi connectivity index (χ0) is 29.9. The van der Waals surface area contributed by atoms with Gasteiger partial charge in [0.05, 0.1) is 20.1 Å². The Kier molecular flexibility index (Phi) is 13.7. The molecule has 1 fully saturated rings. The van der Waals surface area contributed by atoms with E-state index < -0.39 is 97.4 Å². The average molecular weight is 565 g/mol. The lowest BCUT2D eigenvalue weighted by Gasteiger charge is -2.43. The standard InChI is InChI=1S/C22H36N4O13/c1-9(20(34)25-11(19(23)33)4-6-14(29)30)24-21(35)10(2)38-18-16(22(36)39-12(8-27)17(18)32)26-13(28)5-7-15(31)37-3/h9-12,16-18,22,27,32,36H,4-8H2,1-3H3,(H2,23,33)(H,24,35)(H,25,34)(H,26,28)(H,29,30)/t9-,10+,11+,12+,16+,17+,18+,22+/m0/s1. The largest absolute Gasteiger partial charge is 0.481 e. The van der Waals surface area contributed by atoms with Crippen molar-refractivity contribution in [2.45, 2.75) is 88.4 Å². The fraction of sp³-hybridized carbons (Fsp3) is 0.727. The van der Waals surface area contributed by atoms with Gasteiger partial charge in [0.2, 0.25) is 23.6 Å². The Morgan fingerprint density at radius 2 is 1.64 bits per heavy atom. The summed E-state index contributed by atoms with van der Waals surface area (Å²) in [6.07, 6.45) is -8.89. The number of carboxylic acids is 1. The minimum absolute atomic E-state index is 0.265. The highest BCUT2D eigenvalue weighted by atomic mass is 16.6. The highest BCUT2D eigenvalue weighted by Crippen LogP contribution is 2.24. The first-order valence-electron chi connectivity index (χ1n) is 12.0. The number of aliphatic hydroxyl groups is 3. The zero-order valence-electron chi connectivity index (χ0n) is 21.7. The van der Waals surface area contributed by atoms with Crippen LogP contribution in [-0.2, 0) is 43.0 Å². The number of amides is 4. The number of carbonyl (C=O) groups excluding carboxylic acids is 5. The van der Waals surface area contributed by atoms with Crippen LogP contribution in [0.25, 0.3) is 0 Å². The van der Waals surface area contributed by atoms with Crippen LogP contribution >= 0.6 is 0 Å². The highest BCUT2D eigenvalue weighted by molar-refractivity contribution is 5.92. The maximum Gasteiger partial charge on any atom is 0.306 e. The summed E-state index contributed by atoms with van der Waals surface area (Å²) in [6, 6.07) is -3.95.